The predicted molar refractivity (Wildman–Crippen MR) is 59.7 cm³/mol. The fourth-order valence-electron chi connectivity index (χ4n) is 1.53. The highest BCUT2D eigenvalue weighted by Crippen LogP contribution is 2.33. The number of hydrogen-bond acceptors (Lipinski definition) is 3. The van der Waals surface area contributed by atoms with Crippen LogP contribution in [0.25, 0.3) is 0 Å². The van der Waals surface area contributed by atoms with Crippen molar-refractivity contribution in [3.8, 4) is 0 Å². The topological polar surface area (TPSA) is 29.5 Å². The number of likely N-dealkylation sites (tertiary alicyclic amines) is 1. The van der Waals surface area contributed by atoms with Crippen LogP contribution >= 0.6 is 11.8 Å². The van der Waals surface area contributed by atoms with Crippen molar-refractivity contribution in [1.82, 2.24) is 4.90 Å². The molecule has 0 saturated carbocycles. The van der Waals surface area contributed by atoms with E-state index in [1.54, 1.807) is 4.90 Å². The lowest BCUT2D eigenvalue weighted by Crippen LogP contribution is -2.34. The molecule has 1 aliphatic heterocycles. The van der Waals surface area contributed by atoms with Gasteiger partial charge in [-0.2, -0.15) is 11.8 Å². The highest BCUT2D eigenvalue weighted by molar-refractivity contribution is 8.00. The Morgan fingerprint density at radius 3 is 2.64 bits per heavy atom. The summed E-state index contributed by atoms with van der Waals surface area (Å²) < 4.78 is 5.37. The zero-order chi connectivity index (χ0) is 10.8. The second-order valence-corrected chi connectivity index (χ2v) is 5.65. The Morgan fingerprint density at radius 1 is 1.57 bits per heavy atom. The van der Waals surface area contributed by atoms with Crippen LogP contribution in [0, 0.1) is 0 Å². The fourth-order valence-corrected chi connectivity index (χ4v) is 2.11. The van der Waals surface area contributed by atoms with Gasteiger partial charge in [-0.25, -0.2) is 4.79 Å². The third kappa shape index (κ3) is 2.80. The Kier molecular flexibility index (Phi) is 3.70. The zero-order valence-electron chi connectivity index (χ0n) is 9.37. The van der Waals surface area contributed by atoms with E-state index in [1.807, 2.05) is 25.6 Å². The average Bonchev–Trinajstić information content (AvgIpc) is 2.48. The Morgan fingerprint density at radius 2 is 2.21 bits per heavy atom. The number of carbonyl (C=O) groups is 1. The van der Waals surface area contributed by atoms with Crippen LogP contribution in [0.3, 0.4) is 0 Å². The quantitative estimate of drug-likeness (QED) is 0.711. The fraction of sp³-hybridized carbons (Fsp3) is 0.900. The third-order valence-electron chi connectivity index (χ3n) is 2.52. The molecule has 0 spiro atoms. The second-order valence-electron chi connectivity index (χ2n) is 4.26. The van der Waals surface area contributed by atoms with E-state index in [9.17, 15) is 4.79 Å². The summed E-state index contributed by atoms with van der Waals surface area (Å²) in [5.41, 5.74) is 0. The van der Waals surface area contributed by atoms with E-state index in [4.69, 9.17) is 4.74 Å². The molecule has 1 heterocycles. The van der Waals surface area contributed by atoms with Crippen LogP contribution in [0.15, 0.2) is 0 Å². The smallest absolute Gasteiger partial charge is 0.410 e. The first-order chi connectivity index (χ1) is 6.47. The minimum absolute atomic E-state index is 0.0244. The first kappa shape index (κ1) is 11.7. The average molecular weight is 217 g/mol. The molecule has 1 saturated heterocycles. The Bertz CT molecular complexity index is 220. The Hall–Kier alpha value is -0.380. The van der Waals surface area contributed by atoms with Crippen LogP contribution < -0.4 is 0 Å². The van der Waals surface area contributed by atoms with Crippen molar-refractivity contribution in [3.05, 3.63) is 0 Å². The van der Waals surface area contributed by atoms with Gasteiger partial charge in [-0.05, 0) is 33.4 Å². The highest BCUT2D eigenvalue weighted by atomic mass is 32.2. The number of thioether (sulfide) groups is 1. The highest BCUT2D eigenvalue weighted by Gasteiger charge is 2.36. The summed E-state index contributed by atoms with van der Waals surface area (Å²) in [6, 6.07) is 0. The van der Waals surface area contributed by atoms with Gasteiger partial charge in [0.1, 0.15) is 0 Å². The Balaban J connectivity index is 2.46. The standard InChI is InChI=1S/C10H19NO2S/c1-8(2)13-9(12)11-6-5-10(3,7-11)14-4/h8H,5-7H2,1-4H3. The number of rotatable bonds is 2. The molecule has 14 heavy (non-hydrogen) atoms. The lowest BCUT2D eigenvalue weighted by molar-refractivity contribution is 0.0831. The van der Waals surface area contributed by atoms with E-state index in [0.717, 1.165) is 19.5 Å². The molecule has 1 rings (SSSR count). The van der Waals surface area contributed by atoms with E-state index in [0.29, 0.717) is 0 Å². The molecular weight excluding hydrogens is 198 g/mol. The van der Waals surface area contributed by atoms with Crippen LogP contribution in [-0.4, -0.2) is 41.2 Å². The van der Waals surface area contributed by atoms with Crippen molar-refractivity contribution in [1.29, 1.82) is 0 Å². The van der Waals surface area contributed by atoms with Crippen molar-refractivity contribution < 1.29 is 9.53 Å². The summed E-state index contributed by atoms with van der Waals surface area (Å²) in [4.78, 5) is 13.4. The molecule has 1 amide bonds. The summed E-state index contributed by atoms with van der Waals surface area (Å²) in [6.07, 6.45) is 2.96. The van der Waals surface area contributed by atoms with Crippen LogP contribution in [0.5, 0.6) is 0 Å². The molecule has 0 N–H and O–H groups in total. The first-order valence-corrected chi connectivity index (χ1v) is 6.20. The number of carbonyl (C=O) groups excluding carboxylic acids is 1. The van der Waals surface area contributed by atoms with Crippen molar-refractivity contribution >= 4 is 17.9 Å². The van der Waals surface area contributed by atoms with Gasteiger partial charge in [0.15, 0.2) is 0 Å². The van der Waals surface area contributed by atoms with E-state index >= 15 is 0 Å². The van der Waals surface area contributed by atoms with Gasteiger partial charge in [-0.3, -0.25) is 0 Å². The van der Waals surface area contributed by atoms with Crippen LogP contribution in [0.1, 0.15) is 27.2 Å². The summed E-state index contributed by atoms with van der Waals surface area (Å²) in [5, 5.41) is 0. The molecule has 0 aromatic heterocycles. The van der Waals surface area contributed by atoms with Crippen LogP contribution in [-0.2, 0) is 4.74 Å². The van der Waals surface area contributed by atoms with Gasteiger partial charge >= 0.3 is 6.09 Å². The molecule has 0 radical (unpaired) electrons. The summed E-state index contributed by atoms with van der Waals surface area (Å²) >= 11 is 1.83. The van der Waals surface area contributed by atoms with E-state index in [1.165, 1.54) is 0 Å². The monoisotopic (exact) mass is 217 g/mol. The SMILES string of the molecule is CSC1(C)CCN(C(=O)OC(C)C)C1. The van der Waals surface area contributed by atoms with Gasteiger partial charge in [0.05, 0.1) is 6.10 Å². The van der Waals surface area contributed by atoms with Gasteiger partial charge < -0.3 is 9.64 Å². The van der Waals surface area contributed by atoms with Crippen LogP contribution in [0.4, 0.5) is 4.79 Å². The minimum Gasteiger partial charge on any atom is -0.447 e. The van der Waals surface area contributed by atoms with Crippen molar-refractivity contribution in [2.75, 3.05) is 19.3 Å². The molecule has 0 aromatic rings. The molecule has 1 fully saturated rings. The van der Waals surface area contributed by atoms with E-state index in [2.05, 4.69) is 13.2 Å². The predicted octanol–water partition coefficient (Wildman–Crippen LogP) is 2.36. The lowest BCUT2D eigenvalue weighted by atomic mass is 10.1. The second kappa shape index (κ2) is 4.43. The van der Waals surface area contributed by atoms with Crippen molar-refractivity contribution in [3.63, 3.8) is 0 Å². The maximum atomic E-state index is 11.6. The van der Waals surface area contributed by atoms with Crippen molar-refractivity contribution in [2.24, 2.45) is 0 Å². The van der Waals surface area contributed by atoms with Crippen LogP contribution in [0.2, 0.25) is 0 Å². The minimum atomic E-state index is -0.169. The lowest BCUT2D eigenvalue weighted by Gasteiger charge is -2.22. The molecule has 3 nitrogen and oxygen atoms in total. The zero-order valence-corrected chi connectivity index (χ0v) is 10.2. The summed E-state index contributed by atoms with van der Waals surface area (Å²) in [5.74, 6) is 0. The molecule has 1 aliphatic rings. The Labute approximate surface area is 90.2 Å². The molecule has 4 heteroatoms. The van der Waals surface area contributed by atoms with E-state index < -0.39 is 0 Å². The van der Waals surface area contributed by atoms with Crippen molar-refractivity contribution in [2.45, 2.75) is 38.0 Å². The summed E-state index contributed by atoms with van der Waals surface area (Å²) in [7, 11) is 0. The number of ether oxygens (including phenoxy) is 1. The molecular formula is C10H19NO2S. The largest absolute Gasteiger partial charge is 0.447 e. The third-order valence-corrected chi connectivity index (χ3v) is 3.84. The van der Waals surface area contributed by atoms with Gasteiger partial charge in [-0.1, -0.05) is 0 Å². The molecule has 0 aliphatic carbocycles. The molecule has 0 bridgehead atoms. The van der Waals surface area contributed by atoms with E-state index in [-0.39, 0.29) is 16.9 Å². The van der Waals surface area contributed by atoms with Gasteiger partial charge in [-0.15, -0.1) is 0 Å². The first-order valence-electron chi connectivity index (χ1n) is 4.97. The van der Waals surface area contributed by atoms with Gasteiger partial charge in [0.25, 0.3) is 0 Å². The van der Waals surface area contributed by atoms with Gasteiger partial charge in [0.2, 0.25) is 0 Å². The normalized spacial score (nSPS) is 27.1. The molecule has 1 unspecified atom stereocenters. The molecule has 82 valence electrons. The summed E-state index contributed by atoms with van der Waals surface area (Å²) in [6.45, 7) is 7.58. The maximum absolute atomic E-state index is 11.6. The molecule has 1 atom stereocenters. The maximum Gasteiger partial charge on any atom is 0.410 e. The molecule has 0 aromatic carbocycles. The number of amides is 1. The number of hydrogen-bond donors (Lipinski definition) is 0. The van der Waals surface area contributed by atoms with Gasteiger partial charge in [0, 0.05) is 17.8 Å². The number of nitrogens with zero attached hydrogens (tertiary/aromatic N) is 1.